The molecule has 2 N–H and O–H groups in total. The van der Waals surface area contributed by atoms with Gasteiger partial charge in [-0.2, -0.15) is 0 Å². The van der Waals surface area contributed by atoms with Crippen LogP contribution in [-0.4, -0.2) is 41.7 Å². The number of nitrogens with zero attached hydrogens (tertiary/aromatic N) is 1. The molecule has 0 saturated carbocycles. The molecule has 0 radical (unpaired) electrons. The minimum absolute atomic E-state index is 0. The van der Waals surface area contributed by atoms with Gasteiger partial charge in [0.25, 0.3) is 5.91 Å². The number of benzene rings is 1. The maximum Gasteiger partial charge on any atom is 1.00 e. The van der Waals surface area contributed by atoms with E-state index < -0.39 is 15.0 Å². The van der Waals surface area contributed by atoms with Crippen molar-refractivity contribution in [3.8, 4) is 0 Å². The first-order valence-corrected chi connectivity index (χ1v) is 18.6. The fraction of sp³-hybridized carbons (Fsp3) is 0.800. The second kappa shape index (κ2) is 27.8. The summed E-state index contributed by atoms with van der Waals surface area (Å²) in [6.45, 7) is 11.3. The van der Waals surface area contributed by atoms with Gasteiger partial charge in [-0.15, -0.1) is 0 Å². The van der Waals surface area contributed by atoms with Gasteiger partial charge in [0.05, 0.1) is 0 Å². The van der Waals surface area contributed by atoms with E-state index in [-0.39, 0.29) is 48.3 Å². The number of amides is 1. The maximum absolute atomic E-state index is 12.4. The fourth-order valence-corrected chi connectivity index (χ4v) is 6.09. The Balaban J connectivity index is 0. The largest absolute Gasteiger partial charge is 1.00 e. The van der Waals surface area contributed by atoms with Crippen LogP contribution < -0.4 is 35.3 Å². The first kappa shape index (κ1) is 44.7. The van der Waals surface area contributed by atoms with Crippen LogP contribution in [0.15, 0.2) is 24.3 Å². The van der Waals surface area contributed by atoms with Gasteiger partial charge < -0.3 is 15.2 Å². The van der Waals surface area contributed by atoms with Crippen LogP contribution in [-0.2, 0) is 16.5 Å². The van der Waals surface area contributed by atoms with Gasteiger partial charge in [-0.25, -0.2) is 8.42 Å². The molecule has 1 amide bonds. The van der Waals surface area contributed by atoms with Gasteiger partial charge in [0.15, 0.2) is 0 Å². The Hall–Kier alpha value is -0.440. The van der Waals surface area contributed by atoms with Crippen LogP contribution in [0.4, 0.5) is 0 Å². The van der Waals surface area contributed by atoms with Gasteiger partial charge >= 0.3 is 29.6 Å². The topological polar surface area (TPSA) is 104 Å². The first-order valence-electron chi connectivity index (χ1n) is 17.2. The quantitative estimate of drug-likeness (QED) is 0.0810. The van der Waals surface area contributed by atoms with E-state index in [0.29, 0.717) is 6.42 Å². The molecule has 43 heavy (non-hydrogen) atoms. The molecule has 0 spiro atoms. The van der Waals surface area contributed by atoms with Gasteiger partial charge in [0.1, 0.15) is 15.0 Å². The third kappa shape index (κ3) is 21.1. The van der Waals surface area contributed by atoms with Crippen molar-refractivity contribution in [1.82, 2.24) is 4.90 Å². The average molecular weight is 633 g/mol. The second-order valence-corrected chi connectivity index (χ2v) is 13.6. The standard InChI is InChI=1S/C29H51NO.C6H15NO3S.Na/c1-4-7-8-9-10-11-12-13-14-15-16-17-18-19-20-21-22-27-23-25-28(26-24-27)29(31)30(5-2)6-3;1-3-5-6(7,4-2)11(8,9)10;/h23-26H,4-22H2,1-3H3;3-5,7H2,1-2H3,(H,8,9,10);/q;;+1/p-1. The molecule has 1 aromatic rings. The summed E-state index contributed by atoms with van der Waals surface area (Å²) in [6.07, 6.45) is 24.7. The normalized spacial score (nSPS) is 12.5. The summed E-state index contributed by atoms with van der Waals surface area (Å²) >= 11 is 0. The number of rotatable bonds is 24. The van der Waals surface area contributed by atoms with E-state index in [9.17, 15) is 17.8 Å². The van der Waals surface area contributed by atoms with Crippen LogP contribution in [0.2, 0.25) is 0 Å². The van der Waals surface area contributed by atoms with E-state index in [1.54, 1.807) is 13.8 Å². The van der Waals surface area contributed by atoms with Crippen LogP contribution in [0, 0.1) is 0 Å². The molecule has 0 heterocycles. The third-order valence-corrected chi connectivity index (χ3v) is 9.83. The van der Waals surface area contributed by atoms with Crippen LogP contribution >= 0.6 is 0 Å². The number of unbranched alkanes of at least 4 members (excludes halogenated alkanes) is 15. The second-order valence-electron chi connectivity index (χ2n) is 11.9. The summed E-state index contributed by atoms with van der Waals surface area (Å²) in [4.78, 5) is 12.7. The minimum Gasteiger partial charge on any atom is -0.747 e. The predicted molar refractivity (Wildman–Crippen MR) is 179 cm³/mol. The molecule has 0 aliphatic rings. The van der Waals surface area contributed by atoms with Crippen molar-refractivity contribution in [3.05, 3.63) is 35.4 Å². The molecule has 1 unspecified atom stereocenters. The Labute approximate surface area is 288 Å². The Kier molecular flexibility index (Phi) is 28.9. The fourth-order valence-electron chi connectivity index (χ4n) is 5.29. The molecule has 1 aromatic carbocycles. The summed E-state index contributed by atoms with van der Waals surface area (Å²) in [7, 11) is -4.35. The Morgan fingerprint density at radius 3 is 1.40 bits per heavy atom. The number of aryl methyl sites for hydroxylation is 1. The summed E-state index contributed by atoms with van der Waals surface area (Å²) in [5, 5.41) is 0. The summed E-state index contributed by atoms with van der Waals surface area (Å²) in [5.41, 5.74) is 7.57. The van der Waals surface area contributed by atoms with E-state index in [4.69, 9.17) is 5.73 Å². The van der Waals surface area contributed by atoms with Crippen LogP contribution in [0.1, 0.15) is 173 Å². The van der Waals surface area contributed by atoms with Crippen molar-refractivity contribution in [1.29, 1.82) is 0 Å². The Bertz CT molecular complexity index is 892. The van der Waals surface area contributed by atoms with Gasteiger partial charge in [0.2, 0.25) is 0 Å². The van der Waals surface area contributed by atoms with Gasteiger partial charge in [-0.1, -0.05) is 136 Å². The van der Waals surface area contributed by atoms with Gasteiger partial charge in [-0.3, -0.25) is 4.79 Å². The first-order chi connectivity index (χ1) is 20.1. The van der Waals surface area contributed by atoms with Crippen molar-refractivity contribution < 1.29 is 47.3 Å². The van der Waals surface area contributed by atoms with E-state index in [1.807, 2.05) is 30.9 Å². The summed E-state index contributed by atoms with van der Waals surface area (Å²) in [6, 6.07) is 8.29. The summed E-state index contributed by atoms with van der Waals surface area (Å²) < 4.78 is 31.8. The Morgan fingerprint density at radius 2 is 1.09 bits per heavy atom. The smallest absolute Gasteiger partial charge is 0.747 e. The van der Waals surface area contributed by atoms with Crippen molar-refractivity contribution in [2.24, 2.45) is 5.73 Å². The molecule has 1 rings (SSSR count). The van der Waals surface area contributed by atoms with Crippen LogP contribution in [0.5, 0.6) is 0 Å². The molecule has 6 nitrogen and oxygen atoms in total. The zero-order chi connectivity index (χ0) is 31.7. The van der Waals surface area contributed by atoms with E-state index in [2.05, 4.69) is 19.1 Å². The zero-order valence-corrected chi connectivity index (χ0v) is 31.7. The van der Waals surface area contributed by atoms with Crippen LogP contribution in [0.3, 0.4) is 0 Å². The average Bonchev–Trinajstić information content (AvgIpc) is 2.97. The van der Waals surface area contributed by atoms with Crippen molar-refractivity contribution in [2.75, 3.05) is 13.1 Å². The number of nitrogens with two attached hydrogens (primary N) is 1. The molecule has 0 aliphatic carbocycles. The molecule has 8 heteroatoms. The minimum atomic E-state index is -4.35. The van der Waals surface area contributed by atoms with E-state index in [1.165, 1.54) is 108 Å². The van der Waals surface area contributed by atoms with Crippen molar-refractivity contribution in [2.45, 2.75) is 168 Å². The number of carbonyl (C=O) groups excluding carboxylic acids is 1. The molecular weight excluding hydrogens is 567 g/mol. The van der Waals surface area contributed by atoms with Crippen molar-refractivity contribution in [3.63, 3.8) is 0 Å². The van der Waals surface area contributed by atoms with Crippen LogP contribution in [0.25, 0.3) is 0 Å². The molecule has 246 valence electrons. The molecule has 0 bridgehead atoms. The summed E-state index contributed by atoms with van der Waals surface area (Å²) in [5.74, 6) is 0.152. The molecule has 1 atom stereocenters. The molecule has 0 aliphatic heterocycles. The molecule has 0 aromatic heterocycles. The SMILES string of the molecule is CCCC(N)(CC)S(=O)(=O)[O-].CCCCCCCCCCCCCCCCCCc1ccc(C(=O)N(CC)CC)cc1.[Na+]. The molecule has 0 saturated heterocycles. The predicted octanol–water partition coefficient (Wildman–Crippen LogP) is 6.37. The van der Waals surface area contributed by atoms with E-state index >= 15 is 0 Å². The zero-order valence-electron chi connectivity index (χ0n) is 28.9. The number of carbonyl (C=O) groups is 1. The number of hydrogen-bond donors (Lipinski definition) is 1. The monoisotopic (exact) mass is 632 g/mol. The molecular formula is C35H65N2NaO4S. The third-order valence-electron chi connectivity index (χ3n) is 8.34. The van der Waals surface area contributed by atoms with Gasteiger partial charge in [-0.05, 0) is 57.2 Å². The number of hydrogen-bond acceptors (Lipinski definition) is 5. The Morgan fingerprint density at radius 1 is 0.698 bits per heavy atom. The van der Waals surface area contributed by atoms with Gasteiger partial charge in [0, 0.05) is 18.7 Å². The molecule has 0 fully saturated rings. The maximum atomic E-state index is 12.4. The van der Waals surface area contributed by atoms with Crippen molar-refractivity contribution >= 4 is 16.0 Å². The van der Waals surface area contributed by atoms with E-state index in [0.717, 1.165) is 25.1 Å².